The van der Waals surface area contributed by atoms with E-state index in [-0.39, 0.29) is 0 Å². The van der Waals surface area contributed by atoms with Crippen molar-refractivity contribution in [2.24, 2.45) is 0 Å². The third-order valence-corrected chi connectivity index (χ3v) is 4.36. The molecule has 0 aliphatic heterocycles. The second-order valence-corrected chi connectivity index (χ2v) is 6.56. The number of anilines is 2. The van der Waals surface area contributed by atoms with Crippen LogP contribution in [0.25, 0.3) is 0 Å². The first kappa shape index (κ1) is 18.5. The Hall–Kier alpha value is -2.34. The number of benzene rings is 2. The summed E-state index contributed by atoms with van der Waals surface area (Å²) >= 11 is 17.3. The van der Waals surface area contributed by atoms with E-state index in [4.69, 9.17) is 40.2 Å². The van der Waals surface area contributed by atoms with E-state index in [0.717, 1.165) is 11.3 Å². The fourth-order valence-electron chi connectivity index (χ4n) is 2.18. The first-order chi connectivity index (χ1) is 12.6. The molecule has 0 saturated heterocycles. The van der Waals surface area contributed by atoms with Crippen LogP contribution in [0.2, 0.25) is 10.0 Å². The summed E-state index contributed by atoms with van der Waals surface area (Å²) in [5.41, 5.74) is 1.79. The van der Waals surface area contributed by atoms with Crippen molar-refractivity contribution in [3.05, 3.63) is 82.5 Å². The van der Waals surface area contributed by atoms with Gasteiger partial charge in [-0.2, -0.15) is 0 Å². The van der Waals surface area contributed by atoms with Crippen molar-refractivity contribution in [1.82, 2.24) is 4.98 Å². The van der Waals surface area contributed by atoms with Gasteiger partial charge in [0.25, 0.3) is 0 Å². The van der Waals surface area contributed by atoms with Gasteiger partial charge in [-0.3, -0.25) is 0 Å². The van der Waals surface area contributed by atoms with Gasteiger partial charge in [-0.1, -0.05) is 53.5 Å². The first-order valence-electron chi connectivity index (χ1n) is 7.76. The van der Waals surface area contributed by atoms with E-state index in [0.29, 0.717) is 33.3 Å². The molecule has 4 nitrogen and oxygen atoms in total. The van der Waals surface area contributed by atoms with Gasteiger partial charge in [0.1, 0.15) is 6.61 Å². The lowest BCUT2D eigenvalue weighted by atomic mass is 10.2. The lowest BCUT2D eigenvalue weighted by Crippen LogP contribution is -2.20. The van der Waals surface area contributed by atoms with Gasteiger partial charge in [0.15, 0.2) is 16.7 Å². The Bertz CT molecular complexity index is 906. The molecule has 0 aliphatic carbocycles. The van der Waals surface area contributed by atoms with E-state index in [2.05, 4.69) is 15.6 Å². The second kappa shape index (κ2) is 8.85. The molecule has 7 heteroatoms. The van der Waals surface area contributed by atoms with E-state index in [1.807, 2.05) is 36.4 Å². The van der Waals surface area contributed by atoms with E-state index >= 15 is 0 Å². The van der Waals surface area contributed by atoms with Gasteiger partial charge in [-0.25, -0.2) is 4.98 Å². The predicted octanol–water partition coefficient (Wildman–Crippen LogP) is 5.78. The fourth-order valence-corrected chi connectivity index (χ4v) is 2.69. The van der Waals surface area contributed by atoms with Crippen molar-refractivity contribution in [3.8, 4) is 5.75 Å². The van der Waals surface area contributed by atoms with Gasteiger partial charge in [0, 0.05) is 11.9 Å². The Labute approximate surface area is 167 Å². The molecule has 2 N–H and O–H groups in total. The molecule has 0 radical (unpaired) electrons. The molecule has 0 fully saturated rings. The van der Waals surface area contributed by atoms with Crippen molar-refractivity contribution < 1.29 is 4.74 Å². The van der Waals surface area contributed by atoms with Crippen LogP contribution < -0.4 is 15.4 Å². The summed E-state index contributed by atoms with van der Waals surface area (Å²) in [6.07, 6.45) is 1.67. The number of pyridine rings is 1. The lowest BCUT2D eigenvalue weighted by Gasteiger charge is -2.14. The van der Waals surface area contributed by atoms with Gasteiger partial charge in [-0.15, -0.1) is 0 Å². The maximum atomic E-state index is 6.01. The van der Waals surface area contributed by atoms with Crippen molar-refractivity contribution in [1.29, 1.82) is 0 Å². The largest absolute Gasteiger partial charge is 0.485 e. The summed E-state index contributed by atoms with van der Waals surface area (Å²) in [4.78, 5) is 4.29. The van der Waals surface area contributed by atoms with Gasteiger partial charge >= 0.3 is 0 Å². The van der Waals surface area contributed by atoms with Crippen LogP contribution in [0.1, 0.15) is 5.56 Å². The molecule has 0 amide bonds. The quantitative estimate of drug-likeness (QED) is 0.528. The molecule has 0 spiro atoms. The number of nitrogens with one attached hydrogen (secondary N) is 2. The molecule has 132 valence electrons. The highest BCUT2D eigenvalue weighted by Gasteiger charge is 2.08. The Balaban J connectivity index is 1.65. The minimum Gasteiger partial charge on any atom is -0.485 e. The Morgan fingerprint density at radius 2 is 1.77 bits per heavy atom. The first-order valence-corrected chi connectivity index (χ1v) is 8.93. The number of aromatic nitrogens is 1. The molecule has 3 aromatic rings. The van der Waals surface area contributed by atoms with Crippen LogP contribution >= 0.6 is 35.4 Å². The summed E-state index contributed by atoms with van der Waals surface area (Å²) in [5, 5.41) is 7.38. The minimum atomic E-state index is 0.367. The van der Waals surface area contributed by atoms with Crippen molar-refractivity contribution in [2.75, 3.05) is 10.6 Å². The minimum absolute atomic E-state index is 0.367. The Morgan fingerprint density at radius 3 is 2.54 bits per heavy atom. The van der Waals surface area contributed by atoms with Crippen LogP contribution in [0.15, 0.2) is 66.9 Å². The standard InChI is InChI=1S/C19H15Cl2N3OS/c20-15-9-8-14(11-16(15)21)23-19(26)24-18-17(7-4-10-22-18)25-12-13-5-2-1-3-6-13/h1-11H,12H2,(H2,22,23,24,26). The normalized spacial score (nSPS) is 10.2. The molecule has 2 aromatic carbocycles. The summed E-state index contributed by atoms with van der Waals surface area (Å²) in [7, 11) is 0. The van der Waals surface area contributed by atoms with E-state index in [9.17, 15) is 0 Å². The lowest BCUT2D eigenvalue weighted by molar-refractivity contribution is 0.307. The highest BCUT2D eigenvalue weighted by Crippen LogP contribution is 2.26. The molecule has 1 heterocycles. The molecule has 0 aliphatic rings. The van der Waals surface area contributed by atoms with Crippen molar-refractivity contribution in [2.45, 2.75) is 6.61 Å². The summed E-state index contributed by atoms with van der Waals surface area (Å²) < 4.78 is 5.86. The van der Waals surface area contributed by atoms with Crippen molar-refractivity contribution in [3.63, 3.8) is 0 Å². The number of nitrogens with zero attached hydrogens (tertiary/aromatic N) is 1. The average molecular weight is 404 g/mol. The maximum absolute atomic E-state index is 6.01. The number of rotatable bonds is 5. The average Bonchev–Trinajstić information content (AvgIpc) is 2.65. The molecule has 0 unspecified atom stereocenters. The van der Waals surface area contributed by atoms with Crippen LogP contribution in [-0.2, 0) is 6.61 Å². The van der Waals surface area contributed by atoms with E-state index in [1.54, 1.807) is 30.5 Å². The number of ether oxygens (including phenoxy) is 1. The van der Waals surface area contributed by atoms with Crippen LogP contribution in [0.3, 0.4) is 0 Å². The van der Waals surface area contributed by atoms with Crippen molar-refractivity contribution >= 4 is 52.0 Å². The topological polar surface area (TPSA) is 46.2 Å². The predicted molar refractivity (Wildman–Crippen MR) is 111 cm³/mol. The highest BCUT2D eigenvalue weighted by molar-refractivity contribution is 7.80. The Morgan fingerprint density at radius 1 is 0.962 bits per heavy atom. The third-order valence-electron chi connectivity index (χ3n) is 3.42. The molecule has 0 atom stereocenters. The molecule has 1 aromatic heterocycles. The zero-order valence-electron chi connectivity index (χ0n) is 13.6. The summed E-state index contributed by atoms with van der Waals surface area (Å²) in [6.45, 7) is 0.439. The summed E-state index contributed by atoms with van der Waals surface area (Å²) in [5.74, 6) is 1.13. The second-order valence-electron chi connectivity index (χ2n) is 5.33. The van der Waals surface area contributed by atoms with Crippen LogP contribution in [0.4, 0.5) is 11.5 Å². The summed E-state index contributed by atoms with van der Waals surface area (Å²) in [6, 6.07) is 18.7. The smallest absolute Gasteiger partial charge is 0.176 e. The number of halogens is 2. The number of hydrogen-bond donors (Lipinski definition) is 2. The van der Waals surface area contributed by atoms with Gasteiger partial charge in [0.2, 0.25) is 0 Å². The molecule has 0 bridgehead atoms. The van der Waals surface area contributed by atoms with Crippen LogP contribution in [-0.4, -0.2) is 10.1 Å². The van der Waals surface area contributed by atoms with E-state index in [1.165, 1.54) is 0 Å². The maximum Gasteiger partial charge on any atom is 0.176 e. The van der Waals surface area contributed by atoms with Gasteiger partial charge in [-0.05, 0) is 48.1 Å². The SMILES string of the molecule is S=C(Nc1ccc(Cl)c(Cl)c1)Nc1ncccc1OCc1ccccc1. The van der Waals surface area contributed by atoms with Gasteiger partial charge in [0.05, 0.1) is 10.0 Å². The third kappa shape index (κ3) is 5.08. The molecular formula is C19H15Cl2N3OS. The molecule has 0 saturated carbocycles. The molecule has 3 rings (SSSR count). The Kier molecular flexibility index (Phi) is 6.28. The van der Waals surface area contributed by atoms with Crippen LogP contribution in [0, 0.1) is 0 Å². The zero-order valence-corrected chi connectivity index (χ0v) is 15.9. The van der Waals surface area contributed by atoms with Gasteiger partial charge < -0.3 is 15.4 Å². The molecule has 26 heavy (non-hydrogen) atoms. The van der Waals surface area contributed by atoms with E-state index < -0.39 is 0 Å². The highest BCUT2D eigenvalue weighted by atomic mass is 35.5. The zero-order chi connectivity index (χ0) is 18.4. The number of thiocarbonyl (C=S) groups is 1. The molecular weight excluding hydrogens is 389 g/mol. The number of hydrogen-bond acceptors (Lipinski definition) is 3. The fraction of sp³-hybridized carbons (Fsp3) is 0.0526. The van der Waals surface area contributed by atoms with Crippen LogP contribution in [0.5, 0.6) is 5.75 Å². The monoisotopic (exact) mass is 403 g/mol.